The molecule has 0 bridgehead atoms. The van der Waals surface area contributed by atoms with E-state index >= 15 is 0 Å². The molecule has 0 aliphatic carbocycles. The van der Waals surface area contributed by atoms with Gasteiger partial charge in [-0.2, -0.15) is 0 Å². The molecule has 0 fully saturated rings. The van der Waals surface area contributed by atoms with Crippen molar-refractivity contribution in [3.63, 3.8) is 0 Å². The number of rotatable bonds is 4. The lowest BCUT2D eigenvalue weighted by Crippen LogP contribution is -2.09. The van der Waals surface area contributed by atoms with Gasteiger partial charge in [-0.1, -0.05) is 84.9 Å². The summed E-state index contributed by atoms with van der Waals surface area (Å²) >= 11 is 0. The molecule has 5 rings (SSSR count). The topological polar surface area (TPSA) is 9.23 Å². The van der Waals surface area contributed by atoms with Gasteiger partial charge < -0.3 is 4.74 Å². The fourth-order valence-corrected chi connectivity index (χ4v) is 4.07. The molecule has 0 aromatic heterocycles. The lowest BCUT2D eigenvalue weighted by molar-refractivity contribution is 0.458. The molecular formula is C27H22O. The van der Waals surface area contributed by atoms with Gasteiger partial charge in [-0.05, 0) is 52.8 Å². The minimum absolute atomic E-state index is 0.927. The summed E-state index contributed by atoms with van der Waals surface area (Å²) in [5.41, 5.74) is 8.06. The van der Waals surface area contributed by atoms with Crippen LogP contribution in [0.4, 0.5) is 0 Å². The van der Waals surface area contributed by atoms with E-state index in [0.29, 0.717) is 0 Å². The van der Waals surface area contributed by atoms with Crippen LogP contribution in [0.2, 0.25) is 0 Å². The summed E-state index contributed by atoms with van der Waals surface area (Å²) in [6.07, 6.45) is 2.80. The van der Waals surface area contributed by atoms with Gasteiger partial charge in [0, 0.05) is 12.0 Å². The summed E-state index contributed by atoms with van der Waals surface area (Å²) < 4.78 is 6.26. The predicted molar refractivity (Wildman–Crippen MR) is 114 cm³/mol. The van der Waals surface area contributed by atoms with Crippen molar-refractivity contribution in [1.82, 2.24) is 0 Å². The average molecular weight is 362 g/mol. The molecule has 0 unspecified atom stereocenters. The number of benzene rings is 4. The maximum atomic E-state index is 6.26. The van der Waals surface area contributed by atoms with E-state index in [2.05, 4.69) is 91.0 Å². The van der Waals surface area contributed by atoms with Crippen molar-refractivity contribution < 1.29 is 4.74 Å². The molecule has 0 spiro atoms. The van der Waals surface area contributed by atoms with E-state index < -0.39 is 0 Å². The standard InChI is InChI=1S/C27H22O/c1-3-9-20(10-4-1)17-22-15-16-27-25(19-23-13-7-8-14-26(23)28-27)24(22)18-21-11-5-2-6-12-21/h1-16H,17-19H2. The molecule has 0 saturated carbocycles. The molecule has 1 heteroatoms. The van der Waals surface area contributed by atoms with Crippen molar-refractivity contribution in [3.05, 3.63) is 130 Å². The van der Waals surface area contributed by atoms with Gasteiger partial charge in [0.2, 0.25) is 0 Å². The summed E-state index contributed by atoms with van der Waals surface area (Å²) in [6.45, 7) is 0. The summed E-state index contributed by atoms with van der Waals surface area (Å²) in [5, 5.41) is 0. The summed E-state index contributed by atoms with van der Waals surface area (Å²) in [6, 6.07) is 34.2. The first-order valence-electron chi connectivity index (χ1n) is 9.84. The Labute approximate surface area is 166 Å². The molecule has 0 amide bonds. The fraction of sp³-hybridized carbons (Fsp3) is 0.111. The van der Waals surface area contributed by atoms with Gasteiger partial charge >= 0.3 is 0 Å². The van der Waals surface area contributed by atoms with Crippen LogP contribution in [0.1, 0.15) is 33.4 Å². The fourth-order valence-electron chi connectivity index (χ4n) is 4.07. The van der Waals surface area contributed by atoms with Crippen LogP contribution in [0.5, 0.6) is 11.5 Å². The molecule has 28 heavy (non-hydrogen) atoms. The van der Waals surface area contributed by atoms with Crippen LogP contribution in [0, 0.1) is 0 Å². The van der Waals surface area contributed by atoms with Gasteiger partial charge in [0.15, 0.2) is 0 Å². The molecule has 4 aromatic carbocycles. The Hall–Kier alpha value is -3.32. The van der Waals surface area contributed by atoms with Crippen LogP contribution >= 0.6 is 0 Å². The van der Waals surface area contributed by atoms with Crippen molar-refractivity contribution in [1.29, 1.82) is 0 Å². The van der Waals surface area contributed by atoms with Crippen molar-refractivity contribution in [2.75, 3.05) is 0 Å². The summed E-state index contributed by atoms with van der Waals surface area (Å²) in [4.78, 5) is 0. The molecule has 0 atom stereocenters. The Morgan fingerprint density at radius 1 is 0.571 bits per heavy atom. The zero-order valence-electron chi connectivity index (χ0n) is 15.8. The van der Waals surface area contributed by atoms with Crippen molar-refractivity contribution in [2.45, 2.75) is 19.3 Å². The molecule has 4 aromatic rings. The Morgan fingerprint density at radius 3 is 1.96 bits per heavy atom. The first-order chi connectivity index (χ1) is 13.9. The zero-order chi connectivity index (χ0) is 18.8. The maximum Gasteiger partial charge on any atom is 0.131 e. The van der Waals surface area contributed by atoms with Crippen LogP contribution in [-0.4, -0.2) is 0 Å². The van der Waals surface area contributed by atoms with E-state index in [1.54, 1.807) is 0 Å². The minimum atomic E-state index is 0.927. The summed E-state index contributed by atoms with van der Waals surface area (Å²) in [7, 11) is 0. The molecule has 1 heterocycles. The highest BCUT2D eigenvalue weighted by atomic mass is 16.5. The van der Waals surface area contributed by atoms with Gasteiger partial charge in [0.1, 0.15) is 11.5 Å². The number of para-hydroxylation sites is 1. The monoisotopic (exact) mass is 362 g/mol. The van der Waals surface area contributed by atoms with Gasteiger partial charge in [-0.3, -0.25) is 0 Å². The number of hydrogen-bond acceptors (Lipinski definition) is 1. The lowest BCUT2D eigenvalue weighted by atomic mass is 9.87. The van der Waals surface area contributed by atoms with Crippen molar-refractivity contribution in [2.24, 2.45) is 0 Å². The molecule has 136 valence electrons. The number of fused-ring (bicyclic) bond motifs is 2. The van der Waals surface area contributed by atoms with Gasteiger partial charge in [0.25, 0.3) is 0 Å². The Kier molecular flexibility index (Phi) is 4.42. The second-order valence-electron chi connectivity index (χ2n) is 7.39. The summed E-state index contributed by atoms with van der Waals surface area (Å²) in [5.74, 6) is 1.98. The molecule has 1 nitrogen and oxygen atoms in total. The maximum absolute atomic E-state index is 6.26. The van der Waals surface area contributed by atoms with E-state index in [4.69, 9.17) is 4.74 Å². The van der Waals surface area contributed by atoms with Crippen LogP contribution in [0.3, 0.4) is 0 Å². The minimum Gasteiger partial charge on any atom is -0.457 e. The zero-order valence-corrected chi connectivity index (χ0v) is 15.8. The largest absolute Gasteiger partial charge is 0.457 e. The van der Waals surface area contributed by atoms with Crippen LogP contribution < -0.4 is 4.74 Å². The predicted octanol–water partition coefficient (Wildman–Crippen LogP) is 6.56. The first kappa shape index (κ1) is 16.8. The van der Waals surface area contributed by atoms with E-state index in [0.717, 1.165) is 30.8 Å². The third kappa shape index (κ3) is 3.32. The molecule has 0 N–H and O–H groups in total. The van der Waals surface area contributed by atoms with Gasteiger partial charge in [-0.15, -0.1) is 0 Å². The average Bonchev–Trinajstić information content (AvgIpc) is 2.76. The van der Waals surface area contributed by atoms with Gasteiger partial charge in [0.05, 0.1) is 0 Å². The SMILES string of the molecule is c1ccc(Cc2ccc3c(c2Cc2ccccc2)Cc2ccccc2O3)cc1. The molecular weight excluding hydrogens is 340 g/mol. The van der Waals surface area contributed by atoms with Crippen LogP contribution in [0.15, 0.2) is 97.1 Å². The highest BCUT2D eigenvalue weighted by molar-refractivity contribution is 5.56. The second kappa shape index (κ2) is 7.36. The second-order valence-corrected chi connectivity index (χ2v) is 7.39. The van der Waals surface area contributed by atoms with Crippen molar-refractivity contribution in [3.8, 4) is 11.5 Å². The highest BCUT2D eigenvalue weighted by Gasteiger charge is 2.21. The third-order valence-corrected chi connectivity index (χ3v) is 5.51. The van der Waals surface area contributed by atoms with Crippen LogP contribution in [0.25, 0.3) is 0 Å². The Balaban J connectivity index is 1.60. The number of ether oxygens (including phenoxy) is 1. The van der Waals surface area contributed by atoms with E-state index in [1.165, 1.54) is 33.4 Å². The first-order valence-corrected chi connectivity index (χ1v) is 9.84. The van der Waals surface area contributed by atoms with E-state index in [9.17, 15) is 0 Å². The smallest absolute Gasteiger partial charge is 0.131 e. The highest BCUT2D eigenvalue weighted by Crippen LogP contribution is 2.40. The number of hydrogen-bond donors (Lipinski definition) is 0. The molecule has 0 radical (unpaired) electrons. The normalized spacial score (nSPS) is 12.0. The Morgan fingerprint density at radius 2 is 1.21 bits per heavy atom. The lowest BCUT2D eigenvalue weighted by Gasteiger charge is -2.25. The molecule has 1 aliphatic heterocycles. The molecule has 1 aliphatic rings. The van der Waals surface area contributed by atoms with E-state index in [-0.39, 0.29) is 0 Å². The van der Waals surface area contributed by atoms with Crippen LogP contribution in [-0.2, 0) is 19.3 Å². The van der Waals surface area contributed by atoms with Crippen molar-refractivity contribution >= 4 is 0 Å². The van der Waals surface area contributed by atoms with Gasteiger partial charge in [-0.25, -0.2) is 0 Å². The quantitative estimate of drug-likeness (QED) is 0.351. The molecule has 0 saturated heterocycles. The Bertz CT molecular complexity index is 1100. The third-order valence-electron chi connectivity index (χ3n) is 5.51. The van der Waals surface area contributed by atoms with E-state index in [1.807, 2.05) is 6.07 Å².